The van der Waals surface area contributed by atoms with Gasteiger partial charge in [0, 0.05) is 11.8 Å². The lowest BCUT2D eigenvalue weighted by atomic mass is 10.1. The summed E-state index contributed by atoms with van der Waals surface area (Å²) in [6, 6.07) is 10.9. The van der Waals surface area contributed by atoms with E-state index in [-0.39, 0.29) is 0 Å². The van der Waals surface area contributed by atoms with Crippen LogP contribution in [0.5, 0.6) is 5.75 Å². The summed E-state index contributed by atoms with van der Waals surface area (Å²) < 4.78 is 5.08. The molecule has 17 heavy (non-hydrogen) atoms. The summed E-state index contributed by atoms with van der Waals surface area (Å²) in [5, 5.41) is 9.50. The Morgan fingerprint density at radius 2 is 2.18 bits per heavy atom. The second kappa shape index (κ2) is 4.86. The minimum Gasteiger partial charge on any atom is -0.495 e. The molecule has 1 aromatic heterocycles. The van der Waals surface area contributed by atoms with Gasteiger partial charge in [-0.3, -0.25) is 4.98 Å². The van der Waals surface area contributed by atoms with E-state index in [1.54, 1.807) is 37.6 Å². The number of methoxy groups -OCH3 is 1. The maximum absolute atomic E-state index is 9.00. The van der Waals surface area contributed by atoms with E-state index < -0.39 is 0 Å². The standard InChI is InChI=1S/C13H9ClN2O/c1-17-12-5-4-9(7-11(12)14)13-10(8-15)3-2-6-16-13/h2-7H,1H3. The van der Waals surface area contributed by atoms with Crippen molar-refractivity contribution in [1.29, 1.82) is 5.26 Å². The molecular formula is C13H9ClN2O. The molecule has 2 rings (SSSR count). The van der Waals surface area contributed by atoms with E-state index in [0.29, 0.717) is 22.0 Å². The molecule has 0 spiro atoms. The van der Waals surface area contributed by atoms with Crippen molar-refractivity contribution < 1.29 is 4.74 Å². The van der Waals surface area contributed by atoms with Crippen LogP contribution in [0, 0.1) is 11.3 Å². The molecule has 0 saturated carbocycles. The molecule has 0 N–H and O–H groups in total. The Kier molecular flexibility index (Phi) is 3.27. The van der Waals surface area contributed by atoms with Crippen molar-refractivity contribution in [2.24, 2.45) is 0 Å². The highest BCUT2D eigenvalue weighted by molar-refractivity contribution is 6.32. The Hall–Kier alpha value is -2.05. The quantitative estimate of drug-likeness (QED) is 0.814. The molecule has 84 valence electrons. The van der Waals surface area contributed by atoms with Crippen LogP contribution in [0.1, 0.15) is 5.56 Å². The maximum atomic E-state index is 9.00. The number of nitrogens with zero attached hydrogens (tertiary/aromatic N) is 2. The number of rotatable bonds is 2. The Morgan fingerprint density at radius 3 is 2.82 bits per heavy atom. The van der Waals surface area contributed by atoms with Crippen molar-refractivity contribution in [3.63, 3.8) is 0 Å². The predicted octanol–water partition coefficient (Wildman–Crippen LogP) is 3.28. The Morgan fingerprint density at radius 1 is 1.35 bits per heavy atom. The molecule has 0 radical (unpaired) electrons. The van der Waals surface area contributed by atoms with Gasteiger partial charge in [0.05, 0.1) is 23.4 Å². The van der Waals surface area contributed by atoms with E-state index in [1.165, 1.54) is 0 Å². The van der Waals surface area contributed by atoms with Gasteiger partial charge in [-0.25, -0.2) is 0 Å². The Labute approximate surface area is 104 Å². The fourth-order valence-corrected chi connectivity index (χ4v) is 1.80. The summed E-state index contributed by atoms with van der Waals surface area (Å²) >= 11 is 6.04. The third-order valence-corrected chi connectivity index (χ3v) is 2.65. The summed E-state index contributed by atoms with van der Waals surface area (Å²) in [5.74, 6) is 0.602. The first kappa shape index (κ1) is 11.4. The van der Waals surface area contributed by atoms with Crippen LogP contribution in [0.2, 0.25) is 5.02 Å². The highest BCUT2D eigenvalue weighted by atomic mass is 35.5. The molecule has 0 bridgehead atoms. The normalized spacial score (nSPS) is 9.71. The zero-order valence-electron chi connectivity index (χ0n) is 9.14. The molecule has 0 atom stereocenters. The van der Waals surface area contributed by atoms with Gasteiger partial charge in [0.1, 0.15) is 11.8 Å². The molecule has 0 amide bonds. The predicted molar refractivity (Wildman–Crippen MR) is 66.0 cm³/mol. The first-order chi connectivity index (χ1) is 8.26. The first-order valence-corrected chi connectivity index (χ1v) is 5.33. The van der Waals surface area contributed by atoms with E-state index in [4.69, 9.17) is 21.6 Å². The summed E-state index contributed by atoms with van der Waals surface area (Å²) in [7, 11) is 1.56. The summed E-state index contributed by atoms with van der Waals surface area (Å²) in [4.78, 5) is 4.19. The highest BCUT2D eigenvalue weighted by Crippen LogP contribution is 2.30. The molecule has 1 aromatic carbocycles. The van der Waals surface area contributed by atoms with Gasteiger partial charge in [0.25, 0.3) is 0 Å². The third kappa shape index (κ3) is 2.22. The summed E-state index contributed by atoms with van der Waals surface area (Å²) in [6.07, 6.45) is 1.65. The molecule has 0 aliphatic rings. The lowest BCUT2D eigenvalue weighted by Crippen LogP contribution is -1.90. The van der Waals surface area contributed by atoms with Crippen LogP contribution >= 0.6 is 11.6 Å². The van der Waals surface area contributed by atoms with Crippen LogP contribution in [0.25, 0.3) is 11.3 Å². The van der Waals surface area contributed by atoms with E-state index >= 15 is 0 Å². The number of hydrogen-bond acceptors (Lipinski definition) is 3. The number of benzene rings is 1. The average Bonchev–Trinajstić information content (AvgIpc) is 2.38. The van der Waals surface area contributed by atoms with Gasteiger partial charge >= 0.3 is 0 Å². The monoisotopic (exact) mass is 244 g/mol. The fourth-order valence-electron chi connectivity index (χ4n) is 1.54. The van der Waals surface area contributed by atoms with Crippen molar-refractivity contribution in [3.05, 3.63) is 47.1 Å². The molecule has 0 fully saturated rings. The number of nitriles is 1. The maximum Gasteiger partial charge on any atom is 0.137 e. The SMILES string of the molecule is COc1ccc(-c2ncccc2C#N)cc1Cl. The number of pyridine rings is 1. The second-order valence-electron chi connectivity index (χ2n) is 3.36. The molecule has 4 heteroatoms. The molecule has 0 unspecified atom stereocenters. The number of aromatic nitrogens is 1. The van der Waals surface area contributed by atoms with E-state index in [9.17, 15) is 0 Å². The van der Waals surface area contributed by atoms with Crippen LogP contribution < -0.4 is 4.74 Å². The van der Waals surface area contributed by atoms with Gasteiger partial charge in [-0.15, -0.1) is 0 Å². The van der Waals surface area contributed by atoms with Crippen LogP contribution in [0.3, 0.4) is 0 Å². The Bertz CT molecular complexity index is 590. The number of ether oxygens (including phenoxy) is 1. The average molecular weight is 245 g/mol. The topological polar surface area (TPSA) is 45.9 Å². The largest absolute Gasteiger partial charge is 0.495 e. The van der Waals surface area contributed by atoms with Gasteiger partial charge in [0.15, 0.2) is 0 Å². The molecule has 2 aromatic rings. The van der Waals surface area contributed by atoms with Gasteiger partial charge in [-0.1, -0.05) is 11.6 Å². The number of halogens is 1. The van der Waals surface area contributed by atoms with Gasteiger partial charge in [-0.05, 0) is 30.3 Å². The first-order valence-electron chi connectivity index (χ1n) is 4.95. The van der Waals surface area contributed by atoms with E-state index in [0.717, 1.165) is 5.56 Å². The second-order valence-corrected chi connectivity index (χ2v) is 3.77. The van der Waals surface area contributed by atoms with Crippen LogP contribution in [-0.2, 0) is 0 Å². The van der Waals surface area contributed by atoms with E-state index in [2.05, 4.69) is 11.1 Å². The summed E-state index contributed by atoms with van der Waals surface area (Å²) in [6.45, 7) is 0. The van der Waals surface area contributed by atoms with Crippen molar-refractivity contribution in [2.45, 2.75) is 0 Å². The van der Waals surface area contributed by atoms with Crippen molar-refractivity contribution >= 4 is 11.6 Å². The van der Waals surface area contributed by atoms with Gasteiger partial charge < -0.3 is 4.74 Å². The fraction of sp³-hybridized carbons (Fsp3) is 0.0769. The van der Waals surface area contributed by atoms with Crippen LogP contribution in [-0.4, -0.2) is 12.1 Å². The molecule has 0 saturated heterocycles. The lowest BCUT2D eigenvalue weighted by Gasteiger charge is -2.06. The lowest BCUT2D eigenvalue weighted by molar-refractivity contribution is 0.415. The molecule has 3 nitrogen and oxygen atoms in total. The third-order valence-electron chi connectivity index (χ3n) is 2.35. The van der Waals surface area contributed by atoms with Crippen molar-refractivity contribution in [3.8, 4) is 23.1 Å². The van der Waals surface area contributed by atoms with Crippen molar-refractivity contribution in [2.75, 3.05) is 7.11 Å². The summed E-state index contributed by atoms with van der Waals surface area (Å²) in [5.41, 5.74) is 1.95. The van der Waals surface area contributed by atoms with Crippen molar-refractivity contribution in [1.82, 2.24) is 4.98 Å². The number of hydrogen-bond donors (Lipinski definition) is 0. The highest BCUT2D eigenvalue weighted by Gasteiger charge is 2.08. The zero-order valence-corrected chi connectivity index (χ0v) is 9.90. The van der Waals surface area contributed by atoms with Crippen LogP contribution in [0.15, 0.2) is 36.5 Å². The minimum absolute atomic E-state index is 0.500. The zero-order chi connectivity index (χ0) is 12.3. The minimum atomic E-state index is 0.500. The van der Waals surface area contributed by atoms with Gasteiger partial charge in [-0.2, -0.15) is 5.26 Å². The van der Waals surface area contributed by atoms with Crippen LogP contribution in [0.4, 0.5) is 0 Å². The smallest absolute Gasteiger partial charge is 0.137 e. The molecular weight excluding hydrogens is 236 g/mol. The van der Waals surface area contributed by atoms with Gasteiger partial charge in [0.2, 0.25) is 0 Å². The van der Waals surface area contributed by atoms with E-state index in [1.807, 2.05) is 6.07 Å². The molecule has 0 aliphatic heterocycles. The molecule has 0 aliphatic carbocycles. The Balaban J connectivity index is 2.54. The molecule has 1 heterocycles.